The lowest BCUT2D eigenvalue weighted by Gasteiger charge is -2.18. The molecule has 32 heavy (non-hydrogen) atoms. The molecule has 2 aromatic carbocycles. The Labute approximate surface area is 175 Å². The number of rotatable bonds is 3. The highest BCUT2D eigenvalue weighted by atomic mass is 19.4. The van der Waals surface area contributed by atoms with Crippen LogP contribution in [0.3, 0.4) is 0 Å². The number of halogens is 8. The van der Waals surface area contributed by atoms with Crippen LogP contribution in [-0.2, 0) is 21.9 Å². The van der Waals surface area contributed by atoms with Crippen molar-refractivity contribution in [1.29, 1.82) is 0 Å². The van der Waals surface area contributed by atoms with E-state index in [1.165, 1.54) is 7.05 Å². The van der Waals surface area contributed by atoms with Gasteiger partial charge in [0.2, 0.25) is 11.8 Å². The fourth-order valence-corrected chi connectivity index (χ4v) is 3.49. The molecule has 1 N–H and O–H groups in total. The molecular weight excluding hydrogens is 452 g/mol. The molecule has 1 aliphatic rings. The van der Waals surface area contributed by atoms with Gasteiger partial charge in [-0.2, -0.15) is 26.3 Å². The molecule has 0 radical (unpaired) electrons. The van der Waals surface area contributed by atoms with Crippen LogP contribution in [0, 0.1) is 17.6 Å². The minimum atomic E-state index is -5.16. The van der Waals surface area contributed by atoms with Crippen LogP contribution in [0.1, 0.15) is 22.6 Å². The van der Waals surface area contributed by atoms with Crippen molar-refractivity contribution in [2.24, 2.45) is 5.92 Å². The van der Waals surface area contributed by atoms with Crippen LogP contribution < -0.4 is 5.32 Å². The number of hydrogen-bond donors (Lipinski definition) is 1. The third-order valence-corrected chi connectivity index (χ3v) is 5.11. The standard InChI is InChI=1S/C20H14F8N2O2/c1-30-8-11(9-2-4-10(5-3-9)19(23,24)25)14(18(30)32)17(31)29-13-7-6-12(20(26,27)28)15(21)16(13)22/h2-7,11,14H,8H2,1H3,(H,29,31)/t11-,14+/m1/s1. The zero-order valence-electron chi connectivity index (χ0n) is 16.1. The number of likely N-dealkylation sites (N-methyl/N-ethyl adjacent to an activating group) is 1. The molecule has 0 aromatic heterocycles. The van der Waals surface area contributed by atoms with Gasteiger partial charge in [0.15, 0.2) is 11.6 Å². The van der Waals surface area contributed by atoms with Gasteiger partial charge in [-0.15, -0.1) is 0 Å². The molecule has 2 amide bonds. The number of amides is 2. The molecule has 1 fully saturated rings. The highest BCUT2D eigenvalue weighted by Crippen LogP contribution is 2.37. The lowest BCUT2D eigenvalue weighted by molar-refractivity contribution is -0.140. The van der Waals surface area contributed by atoms with Crippen molar-refractivity contribution in [2.75, 3.05) is 18.9 Å². The molecule has 0 saturated carbocycles. The predicted octanol–water partition coefficient (Wildman–Crippen LogP) is 4.81. The average molecular weight is 466 g/mol. The molecule has 1 heterocycles. The number of carbonyl (C=O) groups excluding carboxylic acids is 2. The molecule has 0 aliphatic carbocycles. The molecule has 12 heteroatoms. The molecular formula is C20H14F8N2O2. The first kappa shape index (κ1) is 23.5. The van der Waals surface area contributed by atoms with E-state index < -0.39 is 64.5 Å². The Morgan fingerprint density at radius 3 is 2.06 bits per heavy atom. The van der Waals surface area contributed by atoms with Gasteiger partial charge < -0.3 is 10.2 Å². The summed E-state index contributed by atoms with van der Waals surface area (Å²) in [4.78, 5) is 26.3. The van der Waals surface area contributed by atoms with Gasteiger partial charge in [0.25, 0.3) is 0 Å². The minimum absolute atomic E-state index is 0.0495. The van der Waals surface area contributed by atoms with Gasteiger partial charge in [-0.05, 0) is 29.8 Å². The molecule has 0 unspecified atom stereocenters. The second-order valence-corrected chi connectivity index (χ2v) is 7.20. The van der Waals surface area contributed by atoms with Gasteiger partial charge in [-0.3, -0.25) is 9.59 Å². The first-order valence-corrected chi connectivity index (χ1v) is 9.00. The van der Waals surface area contributed by atoms with E-state index in [1.807, 2.05) is 5.32 Å². The molecule has 1 saturated heterocycles. The maximum Gasteiger partial charge on any atom is 0.419 e. The van der Waals surface area contributed by atoms with E-state index in [-0.39, 0.29) is 18.2 Å². The van der Waals surface area contributed by atoms with Crippen LogP contribution in [0.25, 0.3) is 0 Å². The van der Waals surface area contributed by atoms with Crippen molar-refractivity contribution in [3.05, 3.63) is 64.7 Å². The average Bonchev–Trinajstić information content (AvgIpc) is 2.98. The molecule has 172 valence electrons. The molecule has 0 bridgehead atoms. The Bertz CT molecular complexity index is 1050. The lowest BCUT2D eigenvalue weighted by Crippen LogP contribution is -2.33. The summed E-state index contributed by atoms with van der Waals surface area (Å²) in [5.74, 6) is -8.48. The summed E-state index contributed by atoms with van der Waals surface area (Å²) in [5, 5.41) is 1.91. The zero-order valence-corrected chi connectivity index (χ0v) is 16.1. The van der Waals surface area contributed by atoms with Crippen LogP contribution in [0.2, 0.25) is 0 Å². The highest BCUT2D eigenvalue weighted by molar-refractivity contribution is 6.08. The quantitative estimate of drug-likeness (QED) is 0.522. The normalized spacial score (nSPS) is 19.4. The first-order valence-electron chi connectivity index (χ1n) is 9.00. The number of alkyl halides is 6. The minimum Gasteiger partial charge on any atom is -0.344 e. The number of hydrogen-bond acceptors (Lipinski definition) is 2. The van der Waals surface area contributed by atoms with Crippen LogP contribution in [0.15, 0.2) is 36.4 Å². The summed E-state index contributed by atoms with van der Waals surface area (Å²) in [6.45, 7) is -0.0495. The third kappa shape index (κ3) is 4.39. The lowest BCUT2D eigenvalue weighted by atomic mass is 9.87. The monoisotopic (exact) mass is 466 g/mol. The maximum atomic E-state index is 14.1. The Morgan fingerprint density at radius 1 is 0.938 bits per heavy atom. The molecule has 0 spiro atoms. The van der Waals surface area contributed by atoms with Crippen molar-refractivity contribution in [3.8, 4) is 0 Å². The Morgan fingerprint density at radius 2 is 1.53 bits per heavy atom. The van der Waals surface area contributed by atoms with Crippen LogP contribution in [0.4, 0.5) is 40.8 Å². The van der Waals surface area contributed by atoms with E-state index in [0.29, 0.717) is 6.07 Å². The second-order valence-electron chi connectivity index (χ2n) is 7.20. The van der Waals surface area contributed by atoms with E-state index in [2.05, 4.69) is 0 Å². The van der Waals surface area contributed by atoms with Crippen molar-refractivity contribution in [1.82, 2.24) is 4.90 Å². The fourth-order valence-electron chi connectivity index (χ4n) is 3.49. The SMILES string of the molecule is CN1C[C@H](c2ccc(C(F)(F)F)cc2)[C@@H](C(=O)Nc2ccc(C(F)(F)F)c(F)c2F)C1=O. The summed E-state index contributed by atoms with van der Waals surface area (Å²) >= 11 is 0. The number of anilines is 1. The topological polar surface area (TPSA) is 49.4 Å². The first-order chi connectivity index (χ1) is 14.7. The van der Waals surface area contributed by atoms with E-state index in [1.54, 1.807) is 0 Å². The van der Waals surface area contributed by atoms with E-state index in [9.17, 15) is 44.7 Å². The van der Waals surface area contributed by atoms with Crippen molar-refractivity contribution in [2.45, 2.75) is 18.3 Å². The van der Waals surface area contributed by atoms with Gasteiger partial charge in [0.1, 0.15) is 5.92 Å². The maximum absolute atomic E-state index is 14.1. The van der Waals surface area contributed by atoms with Crippen LogP contribution in [0.5, 0.6) is 0 Å². The van der Waals surface area contributed by atoms with Crippen molar-refractivity contribution in [3.63, 3.8) is 0 Å². The number of nitrogens with one attached hydrogen (secondary N) is 1. The summed E-state index contributed by atoms with van der Waals surface area (Å²) in [6, 6.07) is 4.49. The summed E-state index contributed by atoms with van der Waals surface area (Å²) in [6.07, 6.45) is -9.76. The van der Waals surface area contributed by atoms with Crippen molar-refractivity contribution >= 4 is 17.5 Å². The molecule has 1 aliphatic heterocycles. The molecule has 2 aromatic rings. The smallest absolute Gasteiger partial charge is 0.344 e. The fraction of sp³-hybridized carbons (Fsp3) is 0.300. The Hall–Kier alpha value is -3.18. The highest BCUT2D eigenvalue weighted by Gasteiger charge is 2.45. The molecule has 2 atom stereocenters. The Balaban J connectivity index is 1.89. The zero-order chi connectivity index (χ0) is 24.0. The van der Waals surface area contributed by atoms with Gasteiger partial charge in [0.05, 0.1) is 16.8 Å². The summed E-state index contributed by atoms with van der Waals surface area (Å²) in [5.41, 5.74) is -3.50. The number of nitrogens with zero attached hydrogens (tertiary/aromatic N) is 1. The number of carbonyl (C=O) groups is 2. The van der Waals surface area contributed by atoms with Crippen LogP contribution in [-0.4, -0.2) is 30.3 Å². The number of likely N-dealkylation sites (tertiary alicyclic amines) is 1. The van der Waals surface area contributed by atoms with Gasteiger partial charge in [-0.25, -0.2) is 8.78 Å². The van der Waals surface area contributed by atoms with E-state index >= 15 is 0 Å². The number of benzene rings is 2. The largest absolute Gasteiger partial charge is 0.419 e. The third-order valence-electron chi connectivity index (χ3n) is 5.11. The van der Waals surface area contributed by atoms with Gasteiger partial charge in [-0.1, -0.05) is 12.1 Å². The van der Waals surface area contributed by atoms with Gasteiger partial charge in [0, 0.05) is 19.5 Å². The summed E-state index contributed by atoms with van der Waals surface area (Å²) < 4.78 is 104. The van der Waals surface area contributed by atoms with Crippen molar-refractivity contribution < 1.29 is 44.7 Å². The summed E-state index contributed by atoms with van der Waals surface area (Å²) in [7, 11) is 1.34. The predicted molar refractivity (Wildman–Crippen MR) is 95.3 cm³/mol. The molecule has 4 nitrogen and oxygen atoms in total. The molecule has 3 rings (SSSR count). The van der Waals surface area contributed by atoms with Gasteiger partial charge >= 0.3 is 12.4 Å². The Kier molecular flexibility index (Phi) is 5.92. The van der Waals surface area contributed by atoms with E-state index in [0.717, 1.165) is 29.2 Å². The van der Waals surface area contributed by atoms with E-state index in [4.69, 9.17) is 0 Å². The van der Waals surface area contributed by atoms with Crippen LogP contribution >= 0.6 is 0 Å². The second kappa shape index (κ2) is 8.06.